The molecule has 0 fully saturated rings. The molecule has 0 amide bonds. The fourth-order valence-corrected chi connectivity index (χ4v) is 1.40. The lowest BCUT2D eigenvalue weighted by atomic mass is 10.2. The Kier molecular flexibility index (Phi) is 4.64. The molecular weight excluding hydrogens is 220 g/mol. The van der Waals surface area contributed by atoms with Crippen LogP contribution >= 0.6 is 0 Å². The van der Waals surface area contributed by atoms with Gasteiger partial charge in [-0.2, -0.15) is 0 Å². The first-order chi connectivity index (χ1) is 8.95. The molecule has 2 heterocycles. The van der Waals surface area contributed by atoms with Gasteiger partial charge in [0.15, 0.2) is 0 Å². The largest absolute Gasteiger partial charge is 0.264 e. The number of hydrogen-bond donors (Lipinski definition) is 0. The number of aromatic nitrogens is 2. The van der Waals surface area contributed by atoms with Crippen molar-refractivity contribution in [3.05, 3.63) is 84.5 Å². The summed E-state index contributed by atoms with van der Waals surface area (Å²) in [7, 11) is 0. The lowest BCUT2D eigenvalue weighted by Crippen LogP contribution is -1.74. The van der Waals surface area contributed by atoms with Crippen molar-refractivity contribution in [3.8, 4) is 0 Å². The molecule has 2 aromatic heterocycles. The lowest BCUT2D eigenvalue weighted by Gasteiger charge is -1.88. The smallest absolute Gasteiger partial charge is 0.0629 e. The number of hydrogen-bond acceptors (Lipinski definition) is 2. The molecule has 0 spiro atoms. The second-order valence-electron chi connectivity index (χ2n) is 3.64. The standard InChI is InChI=1S/C16H14N2/c1(3-8-15-9-7-12-17-14-15)2-4-10-16-11-5-6-13-18-16/h1-14H/b2-1+,8-3+,10-4+. The van der Waals surface area contributed by atoms with Crippen LogP contribution in [-0.4, -0.2) is 9.97 Å². The fourth-order valence-electron chi connectivity index (χ4n) is 1.40. The van der Waals surface area contributed by atoms with Gasteiger partial charge < -0.3 is 0 Å². The molecular formula is C16H14N2. The highest BCUT2D eigenvalue weighted by Gasteiger charge is 1.82. The highest BCUT2D eigenvalue weighted by Crippen LogP contribution is 1.99. The van der Waals surface area contributed by atoms with Crippen LogP contribution in [0, 0.1) is 0 Å². The first-order valence-corrected chi connectivity index (χ1v) is 5.77. The zero-order valence-corrected chi connectivity index (χ0v) is 9.98. The van der Waals surface area contributed by atoms with Crippen molar-refractivity contribution in [3.63, 3.8) is 0 Å². The molecule has 0 aliphatic rings. The minimum atomic E-state index is 0.957. The highest BCUT2D eigenvalue weighted by molar-refractivity contribution is 5.51. The van der Waals surface area contributed by atoms with Gasteiger partial charge in [0.25, 0.3) is 0 Å². The SMILES string of the molecule is C(=C\C=C\c1ccccn1)/C=C/c1cccnc1. The number of nitrogens with zero attached hydrogens (tertiary/aromatic N) is 2. The van der Waals surface area contributed by atoms with Crippen LogP contribution in [-0.2, 0) is 0 Å². The van der Waals surface area contributed by atoms with Crippen LogP contribution in [0.5, 0.6) is 0 Å². The van der Waals surface area contributed by atoms with Gasteiger partial charge in [0.2, 0.25) is 0 Å². The Labute approximate surface area is 107 Å². The molecule has 2 heteroatoms. The van der Waals surface area contributed by atoms with Crippen LogP contribution in [0.2, 0.25) is 0 Å². The normalized spacial score (nSPS) is 11.8. The van der Waals surface area contributed by atoms with E-state index in [-0.39, 0.29) is 0 Å². The summed E-state index contributed by atoms with van der Waals surface area (Å²) < 4.78 is 0. The molecule has 0 bridgehead atoms. The van der Waals surface area contributed by atoms with Gasteiger partial charge >= 0.3 is 0 Å². The Hall–Kier alpha value is -2.48. The second kappa shape index (κ2) is 6.97. The topological polar surface area (TPSA) is 25.8 Å². The van der Waals surface area contributed by atoms with Gasteiger partial charge in [0, 0.05) is 18.6 Å². The molecule has 0 aliphatic carbocycles. The van der Waals surface area contributed by atoms with Crippen LogP contribution in [0.4, 0.5) is 0 Å². The number of rotatable bonds is 4. The van der Waals surface area contributed by atoms with E-state index < -0.39 is 0 Å². The zero-order valence-electron chi connectivity index (χ0n) is 9.98. The first kappa shape index (κ1) is 12.0. The van der Waals surface area contributed by atoms with Crippen LogP contribution in [0.3, 0.4) is 0 Å². The molecule has 0 atom stereocenters. The molecule has 0 unspecified atom stereocenters. The summed E-state index contributed by atoms with van der Waals surface area (Å²) in [4.78, 5) is 8.24. The van der Waals surface area contributed by atoms with Crippen molar-refractivity contribution in [1.29, 1.82) is 0 Å². The summed E-state index contributed by atoms with van der Waals surface area (Å²) >= 11 is 0. The minimum absolute atomic E-state index is 0.957. The molecule has 88 valence electrons. The summed E-state index contributed by atoms with van der Waals surface area (Å²) in [6, 6.07) is 9.78. The Morgan fingerprint density at radius 2 is 1.67 bits per heavy atom. The summed E-state index contributed by atoms with van der Waals surface area (Å²) in [5, 5.41) is 0. The summed E-state index contributed by atoms with van der Waals surface area (Å²) in [5.74, 6) is 0. The molecule has 0 radical (unpaired) electrons. The van der Waals surface area contributed by atoms with Crippen LogP contribution < -0.4 is 0 Å². The monoisotopic (exact) mass is 234 g/mol. The van der Waals surface area contributed by atoms with Crippen molar-refractivity contribution in [1.82, 2.24) is 9.97 Å². The maximum Gasteiger partial charge on any atom is 0.0629 e. The third-order valence-corrected chi connectivity index (χ3v) is 2.26. The van der Waals surface area contributed by atoms with Crippen LogP contribution in [0.1, 0.15) is 11.3 Å². The van der Waals surface area contributed by atoms with Gasteiger partial charge in [-0.1, -0.05) is 42.5 Å². The third kappa shape index (κ3) is 4.18. The van der Waals surface area contributed by atoms with E-state index in [0.717, 1.165) is 11.3 Å². The number of allylic oxidation sites excluding steroid dienone is 4. The molecule has 0 N–H and O–H groups in total. The van der Waals surface area contributed by atoms with Gasteiger partial charge in [0.1, 0.15) is 0 Å². The quantitative estimate of drug-likeness (QED) is 0.753. The van der Waals surface area contributed by atoms with E-state index >= 15 is 0 Å². The average Bonchev–Trinajstić information content (AvgIpc) is 2.45. The Bertz CT molecular complexity index is 488. The minimum Gasteiger partial charge on any atom is -0.264 e. The van der Waals surface area contributed by atoms with Crippen molar-refractivity contribution in [2.75, 3.05) is 0 Å². The molecule has 0 saturated carbocycles. The summed E-state index contributed by atoms with van der Waals surface area (Å²) in [5.41, 5.74) is 2.05. The van der Waals surface area contributed by atoms with Crippen molar-refractivity contribution in [2.24, 2.45) is 0 Å². The Balaban J connectivity index is 1.86. The fraction of sp³-hybridized carbons (Fsp3) is 0. The van der Waals surface area contributed by atoms with Gasteiger partial charge in [-0.15, -0.1) is 0 Å². The van der Waals surface area contributed by atoms with E-state index in [4.69, 9.17) is 0 Å². The Morgan fingerprint density at radius 1 is 0.778 bits per heavy atom. The van der Waals surface area contributed by atoms with E-state index in [0.29, 0.717) is 0 Å². The second-order valence-corrected chi connectivity index (χ2v) is 3.64. The Morgan fingerprint density at radius 3 is 2.39 bits per heavy atom. The van der Waals surface area contributed by atoms with Crippen molar-refractivity contribution < 1.29 is 0 Å². The third-order valence-electron chi connectivity index (χ3n) is 2.26. The molecule has 18 heavy (non-hydrogen) atoms. The van der Waals surface area contributed by atoms with Gasteiger partial charge in [-0.3, -0.25) is 9.97 Å². The molecule has 0 aromatic carbocycles. The van der Waals surface area contributed by atoms with Gasteiger partial charge in [0.05, 0.1) is 5.69 Å². The predicted octanol–water partition coefficient (Wildman–Crippen LogP) is 3.76. The average molecular weight is 234 g/mol. The van der Waals surface area contributed by atoms with E-state index in [1.165, 1.54) is 0 Å². The van der Waals surface area contributed by atoms with E-state index in [2.05, 4.69) is 9.97 Å². The lowest BCUT2D eigenvalue weighted by molar-refractivity contribution is 1.30. The van der Waals surface area contributed by atoms with Crippen LogP contribution in [0.25, 0.3) is 12.2 Å². The summed E-state index contributed by atoms with van der Waals surface area (Å²) in [6.45, 7) is 0. The van der Waals surface area contributed by atoms with Crippen LogP contribution in [0.15, 0.2) is 73.2 Å². The highest BCUT2D eigenvalue weighted by atomic mass is 14.6. The van der Waals surface area contributed by atoms with E-state index in [9.17, 15) is 0 Å². The van der Waals surface area contributed by atoms with Crippen molar-refractivity contribution >= 4 is 12.2 Å². The van der Waals surface area contributed by atoms with Gasteiger partial charge in [-0.25, -0.2) is 0 Å². The maximum absolute atomic E-state index is 4.20. The van der Waals surface area contributed by atoms with Crippen molar-refractivity contribution in [2.45, 2.75) is 0 Å². The first-order valence-electron chi connectivity index (χ1n) is 5.77. The van der Waals surface area contributed by atoms with E-state index in [1.807, 2.05) is 73.0 Å². The molecule has 0 saturated heterocycles. The predicted molar refractivity (Wildman–Crippen MR) is 75.7 cm³/mol. The van der Waals surface area contributed by atoms with E-state index in [1.54, 1.807) is 12.4 Å². The molecule has 0 aliphatic heterocycles. The maximum atomic E-state index is 4.20. The van der Waals surface area contributed by atoms with Gasteiger partial charge in [-0.05, 0) is 29.8 Å². The number of pyridine rings is 2. The zero-order chi connectivity index (χ0) is 12.5. The molecule has 2 rings (SSSR count). The molecule has 2 aromatic rings. The summed E-state index contributed by atoms with van der Waals surface area (Å²) in [6.07, 6.45) is 17.3. The molecule has 2 nitrogen and oxygen atoms in total.